The van der Waals surface area contributed by atoms with Gasteiger partial charge < -0.3 is 29.2 Å². The predicted octanol–water partition coefficient (Wildman–Crippen LogP) is 9.44. The largest absolute Gasteiger partial charge is 0.494 e. The van der Waals surface area contributed by atoms with Crippen LogP contribution >= 0.6 is 0 Å². The summed E-state index contributed by atoms with van der Waals surface area (Å²) in [6.07, 6.45) is 9.22. The highest BCUT2D eigenvalue weighted by molar-refractivity contribution is 5.99. The van der Waals surface area contributed by atoms with E-state index >= 15 is 0 Å². The molecule has 0 aliphatic carbocycles. The first kappa shape index (κ1) is 55.6. The van der Waals surface area contributed by atoms with Crippen LogP contribution < -0.4 is 20.3 Å². The molecule has 0 saturated heterocycles. The van der Waals surface area contributed by atoms with Gasteiger partial charge >= 0.3 is 11.9 Å². The molecule has 2 aliphatic rings. The second kappa shape index (κ2) is 25.2. The summed E-state index contributed by atoms with van der Waals surface area (Å²) in [5.74, 6) is -0.700. The van der Waals surface area contributed by atoms with Gasteiger partial charge in [0.15, 0.2) is 5.60 Å². The molecule has 9 aromatic rings. The molecule has 0 fully saturated rings. The summed E-state index contributed by atoms with van der Waals surface area (Å²) in [4.78, 5) is 81.9. The number of amides is 1. The Hall–Kier alpha value is -9.29. The van der Waals surface area contributed by atoms with Gasteiger partial charge in [0, 0.05) is 92.7 Å². The van der Waals surface area contributed by atoms with E-state index in [2.05, 4.69) is 53.3 Å². The van der Waals surface area contributed by atoms with E-state index in [1.807, 2.05) is 105 Å². The van der Waals surface area contributed by atoms with E-state index in [0.717, 1.165) is 56.2 Å². The highest BCUT2D eigenvalue weighted by Gasteiger charge is 2.45. The maximum Gasteiger partial charge on any atom is 0.343 e. The number of benzene rings is 3. The molecule has 0 unspecified atom stereocenters. The Balaban J connectivity index is 0.736. The zero-order valence-corrected chi connectivity index (χ0v) is 46.4. The molecule has 8 heterocycles. The van der Waals surface area contributed by atoms with Gasteiger partial charge in [-0.3, -0.25) is 39.3 Å². The van der Waals surface area contributed by atoms with Gasteiger partial charge in [0.05, 0.1) is 64.0 Å². The zero-order chi connectivity index (χ0) is 57.3. The van der Waals surface area contributed by atoms with E-state index < -0.39 is 17.5 Å². The number of nitrogens with zero attached hydrogens (tertiary/aromatic N) is 8. The second-order valence-corrected chi connectivity index (χ2v) is 20.9. The molecule has 420 valence electrons. The number of unbranched alkanes of at least 4 members (excludes halogenated alkanes) is 1. The molecule has 11 rings (SSSR count). The zero-order valence-electron chi connectivity index (χ0n) is 46.4. The third-order valence-corrected chi connectivity index (χ3v) is 15.1. The third-order valence-electron chi connectivity index (χ3n) is 15.1. The summed E-state index contributed by atoms with van der Waals surface area (Å²) in [7, 11) is 0. The van der Waals surface area contributed by atoms with Crippen molar-refractivity contribution in [3.8, 4) is 22.9 Å². The van der Waals surface area contributed by atoms with Crippen molar-refractivity contribution < 1.29 is 33.7 Å². The molecule has 83 heavy (non-hydrogen) atoms. The van der Waals surface area contributed by atoms with Gasteiger partial charge in [-0.2, -0.15) is 0 Å². The van der Waals surface area contributed by atoms with Gasteiger partial charge in [0.2, 0.25) is 0 Å². The number of aliphatic hydroxyl groups is 1. The van der Waals surface area contributed by atoms with Gasteiger partial charge in [-0.05, 0) is 146 Å². The van der Waals surface area contributed by atoms with E-state index in [1.54, 1.807) is 54.0 Å². The van der Waals surface area contributed by atoms with Crippen molar-refractivity contribution in [3.63, 3.8) is 0 Å². The number of aromatic nitrogens is 6. The Morgan fingerprint density at radius 1 is 0.663 bits per heavy atom. The third kappa shape index (κ3) is 12.8. The first-order valence-electron chi connectivity index (χ1n) is 28.0. The van der Waals surface area contributed by atoms with E-state index in [0.29, 0.717) is 94.2 Å². The van der Waals surface area contributed by atoms with Crippen molar-refractivity contribution in [1.29, 1.82) is 0 Å². The Morgan fingerprint density at radius 2 is 1.27 bits per heavy atom. The van der Waals surface area contributed by atoms with Gasteiger partial charge in [-0.25, -0.2) is 14.6 Å². The highest BCUT2D eigenvalue weighted by atomic mass is 16.6. The van der Waals surface area contributed by atoms with Crippen molar-refractivity contribution >= 4 is 28.7 Å². The molecule has 0 bridgehead atoms. The van der Waals surface area contributed by atoms with Crippen LogP contribution in [0.25, 0.3) is 22.3 Å². The monoisotopic (exact) mass is 1110 g/mol. The molecular formula is C66H63N9O8. The molecule has 17 nitrogen and oxygen atoms in total. The van der Waals surface area contributed by atoms with Crippen LogP contribution in [0.5, 0.6) is 11.5 Å². The molecule has 6 aromatic heterocycles. The molecule has 17 heteroatoms. The van der Waals surface area contributed by atoms with Gasteiger partial charge in [0.1, 0.15) is 18.1 Å². The first-order valence-corrected chi connectivity index (χ1v) is 28.0. The Morgan fingerprint density at radius 3 is 1.83 bits per heavy atom. The molecule has 0 radical (unpaired) electrons. The minimum absolute atomic E-state index is 0.0455. The number of hydrogen-bond donors (Lipinski definition) is 2. The number of pyridine rings is 6. The molecule has 1 atom stereocenters. The average molecular weight is 1110 g/mol. The average Bonchev–Trinajstić information content (AvgIpc) is 3.55. The number of nitrogens with one attached hydrogen (secondary N) is 1. The molecule has 1 amide bonds. The van der Waals surface area contributed by atoms with Crippen LogP contribution in [0.4, 0.5) is 0 Å². The lowest BCUT2D eigenvalue weighted by Gasteiger charge is -2.31. The van der Waals surface area contributed by atoms with Crippen molar-refractivity contribution in [2.45, 2.75) is 97.6 Å². The van der Waals surface area contributed by atoms with Crippen LogP contribution in [0.2, 0.25) is 0 Å². The van der Waals surface area contributed by atoms with Gasteiger partial charge in [-0.1, -0.05) is 50.2 Å². The molecule has 3 aromatic carbocycles. The summed E-state index contributed by atoms with van der Waals surface area (Å²) in [6, 6.07) is 43.6. The number of rotatable bonds is 23. The lowest BCUT2D eigenvalue weighted by Crippen LogP contribution is -2.44. The minimum atomic E-state index is -1.93. The quantitative estimate of drug-likeness (QED) is 0.0348. The van der Waals surface area contributed by atoms with Crippen LogP contribution in [-0.4, -0.2) is 75.4 Å². The SMILES string of the molecule is CCc1c2c(nc3ccc(OC(=O)c4cccc(C(=O)NCCCCOc5cc(CN(Cc6ccccn6)Cc6ccccn6)cc(CN(Cc6ccccn6)Cc6ccccn6)c5)c4)cc13)-c1cc3c(c(=O)n1C2)COC(=O)[C@@]3(O)CC. The number of aryl methyl sites for hydroxylation is 1. The number of carbonyl (C=O) groups excluding carboxylic acids is 3. The Kier molecular flexibility index (Phi) is 16.9. The smallest absolute Gasteiger partial charge is 0.343 e. The number of ether oxygens (including phenoxy) is 3. The Labute approximate surface area is 480 Å². The van der Waals surface area contributed by atoms with Crippen LogP contribution in [0.1, 0.15) is 110 Å². The standard InChI is InChI=1S/C66H63N9O8/c1-3-54-55-34-52(22-23-59(55)72-61-56(54)42-75-60(61)35-58-57(63(75)77)43-82-65(79)66(58,80)4-2)83-64(78)47-17-15-16-46(33-47)62(76)71-28-13-14-29-81-53-31-44(36-73(38-48-18-5-9-24-67-48)39-49-19-6-10-25-68-49)30-45(32-53)37-74(40-50-20-7-11-26-69-50)41-51-21-8-12-27-70-51/h5-12,15-27,30-35,80H,3-4,13-14,28-29,36-43H2,1-2H3,(H,71,76)/t66-/m1/s1. The fourth-order valence-electron chi connectivity index (χ4n) is 11.0. The molecule has 0 spiro atoms. The van der Waals surface area contributed by atoms with Crippen molar-refractivity contribution in [2.24, 2.45) is 0 Å². The number of esters is 2. The van der Waals surface area contributed by atoms with Gasteiger partial charge in [0.25, 0.3) is 11.5 Å². The topological polar surface area (TPSA) is 204 Å². The summed E-state index contributed by atoms with van der Waals surface area (Å²) < 4.78 is 19.3. The summed E-state index contributed by atoms with van der Waals surface area (Å²) >= 11 is 0. The van der Waals surface area contributed by atoms with Gasteiger partial charge in [-0.15, -0.1) is 0 Å². The maximum absolute atomic E-state index is 13.8. The van der Waals surface area contributed by atoms with Crippen LogP contribution in [0.15, 0.2) is 169 Å². The molecule has 2 aliphatic heterocycles. The summed E-state index contributed by atoms with van der Waals surface area (Å²) in [5.41, 5.74) is 8.25. The number of cyclic esters (lactones) is 1. The van der Waals surface area contributed by atoms with Crippen LogP contribution in [0.3, 0.4) is 0 Å². The van der Waals surface area contributed by atoms with E-state index in [4.69, 9.17) is 19.2 Å². The Bertz CT molecular complexity index is 3680. The van der Waals surface area contributed by atoms with E-state index in [1.165, 1.54) is 6.07 Å². The number of fused-ring (bicyclic) bond motifs is 5. The summed E-state index contributed by atoms with van der Waals surface area (Å²) in [5, 5.41) is 15.1. The van der Waals surface area contributed by atoms with Crippen molar-refractivity contribution in [2.75, 3.05) is 13.2 Å². The number of hydrogen-bond acceptors (Lipinski definition) is 15. The van der Waals surface area contributed by atoms with Crippen LogP contribution in [-0.2, 0) is 74.0 Å². The fourth-order valence-corrected chi connectivity index (χ4v) is 11.0. The second-order valence-electron chi connectivity index (χ2n) is 20.9. The minimum Gasteiger partial charge on any atom is -0.494 e. The lowest BCUT2D eigenvalue weighted by atomic mass is 9.86. The predicted molar refractivity (Wildman–Crippen MR) is 312 cm³/mol. The van der Waals surface area contributed by atoms with E-state index in [9.17, 15) is 24.3 Å². The summed E-state index contributed by atoms with van der Waals surface area (Å²) in [6.45, 7) is 8.23. The normalized spacial score (nSPS) is 14.3. The highest BCUT2D eigenvalue weighted by Crippen LogP contribution is 2.41. The molecule has 0 saturated carbocycles. The first-order chi connectivity index (χ1) is 40.5. The van der Waals surface area contributed by atoms with Crippen LogP contribution in [0, 0.1) is 0 Å². The molecule has 2 N–H and O–H groups in total. The number of carbonyl (C=O) groups is 3. The van der Waals surface area contributed by atoms with E-state index in [-0.39, 0.29) is 53.5 Å². The van der Waals surface area contributed by atoms with Crippen molar-refractivity contribution in [3.05, 3.63) is 242 Å². The van der Waals surface area contributed by atoms with Crippen molar-refractivity contribution in [1.82, 2.24) is 44.6 Å². The molecular weight excluding hydrogens is 1050 g/mol. The maximum atomic E-state index is 13.8. The fraction of sp³-hybridized carbons (Fsp3) is 0.258. The lowest BCUT2D eigenvalue weighted by molar-refractivity contribution is -0.172.